The lowest BCUT2D eigenvalue weighted by atomic mass is 10.1. The second kappa shape index (κ2) is 7.23. The summed E-state index contributed by atoms with van der Waals surface area (Å²) < 4.78 is 11.7. The molecule has 0 unspecified atom stereocenters. The second-order valence-electron chi connectivity index (χ2n) is 7.80. The summed E-state index contributed by atoms with van der Waals surface area (Å²) in [6.45, 7) is 10.4. The zero-order valence-corrected chi connectivity index (χ0v) is 17.4. The van der Waals surface area contributed by atoms with E-state index in [9.17, 15) is 9.59 Å². The van der Waals surface area contributed by atoms with Crippen molar-refractivity contribution in [3.8, 4) is 0 Å². The third kappa shape index (κ3) is 5.17. The Hall–Kier alpha value is -2.15. The summed E-state index contributed by atoms with van der Waals surface area (Å²) in [4.78, 5) is 30.6. The molecule has 0 radical (unpaired) electrons. The van der Waals surface area contributed by atoms with Crippen LogP contribution in [-0.4, -0.2) is 28.4 Å². The molecular weight excluding hydrogens is 400 g/mol. The molecule has 0 bridgehead atoms. The van der Waals surface area contributed by atoms with Gasteiger partial charge < -0.3 is 9.47 Å². The van der Waals surface area contributed by atoms with Crippen LogP contribution in [0, 0.1) is 0 Å². The smallest absolute Gasteiger partial charge is 0.425 e. The second-order valence-corrected chi connectivity index (χ2v) is 8.71. The fourth-order valence-corrected chi connectivity index (χ4v) is 2.55. The molecule has 0 spiro atoms. The summed E-state index contributed by atoms with van der Waals surface area (Å²) in [6.07, 6.45) is -0.143. The van der Waals surface area contributed by atoms with Gasteiger partial charge in [-0.05, 0) is 71.2 Å². The Morgan fingerprint density at radius 2 is 1.50 bits per heavy atom. The summed E-state index contributed by atoms with van der Waals surface area (Å²) in [5, 5.41) is 1.45. The van der Waals surface area contributed by atoms with Crippen molar-refractivity contribution in [3.63, 3.8) is 0 Å². The highest BCUT2D eigenvalue weighted by molar-refractivity contribution is 9.10. The van der Waals surface area contributed by atoms with Gasteiger partial charge in [-0.3, -0.25) is 0 Å². The molecule has 6 nitrogen and oxygen atoms in total. The highest BCUT2D eigenvalue weighted by atomic mass is 79.9. The van der Waals surface area contributed by atoms with Crippen molar-refractivity contribution in [3.05, 3.63) is 34.9 Å². The van der Waals surface area contributed by atoms with E-state index in [2.05, 4.69) is 20.9 Å². The van der Waals surface area contributed by atoms with Crippen LogP contribution < -0.4 is 4.90 Å². The van der Waals surface area contributed by atoms with Crippen LogP contribution in [0.25, 0.3) is 10.8 Å². The molecule has 0 saturated carbocycles. The maximum atomic E-state index is 12.8. The molecule has 0 fully saturated rings. The number of carbonyl (C=O) groups excluding carboxylic acids is 2. The number of imide groups is 1. The van der Waals surface area contributed by atoms with Gasteiger partial charge in [0.2, 0.25) is 0 Å². The molecule has 0 N–H and O–H groups in total. The molecule has 2 amide bonds. The quantitative estimate of drug-likeness (QED) is 0.591. The lowest BCUT2D eigenvalue weighted by Gasteiger charge is -2.28. The van der Waals surface area contributed by atoms with Crippen LogP contribution >= 0.6 is 15.9 Å². The molecule has 1 heterocycles. The Balaban J connectivity index is 2.57. The molecular formula is C19H23BrN2O4. The van der Waals surface area contributed by atoms with Crippen molar-refractivity contribution in [2.45, 2.75) is 52.7 Å². The molecule has 2 rings (SSSR count). The van der Waals surface area contributed by atoms with Gasteiger partial charge in [-0.25, -0.2) is 14.6 Å². The summed E-state index contributed by atoms with van der Waals surface area (Å²) in [6, 6.07) is 7.27. The average molecular weight is 423 g/mol. The van der Waals surface area contributed by atoms with E-state index in [0.717, 1.165) is 14.8 Å². The maximum absolute atomic E-state index is 12.8. The largest absolute Gasteiger partial charge is 0.443 e. The number of pyridine rings is 1. The van der Waals surface area contributed by atoms with Crippen LogP contribution in [0.2, 0.25) is 0 Å². The Bertz CT molecular complexity index is 810. The predicted octanol–water partition coefficient (Wildman–Crippen LogP) is 5.67. The van der Waals surface area contributed by atoms with Gasteiger partial charge in [0.25, 0.3) is 0 Å². The van der Waals surface area contributed by atoms with Crippen molar-refractivity contribution in [2.75, 3.05) is 4.90 Å². The fourth-order valence-electron chi connectivity index (χ4n) is 2.17. The van der Waals surface area contributed by atoms with E-state index in [1.54, 1.807) is 53.7 Å². The van der Waals surface area contributed by atoms with Crippen LogP contribution in [0.5, 0.6) is 0 Å². The van der Waals surface area contributed by atoms with Crippen LogP contribution in [0.3, 0.4) is 0 Å². The molecule has 140 valence electrons. The van der Waals surface area contributed by atoms with Gasteiger partial charge in [0.1, 0.15) is 11.2 Å². The van der Waals surface area contributed by atoms with E-state index < -0.39 is 23.4 Å². The van der Waals surface area contributed by atoms with E-state index in [1.807, 2.05) is 12.1 Å². The summed E-state index contributed by atoms with van der Waals surface area (Å²) in [5.74, 6) is 0.165. The van der Waals surface area contributed by atoms with Crippen molar-refractivity contribution < 1.29 is 19.1 Å². The normalized spacial score (nSPS) is 12.0. The van der Waals surface area contributed by atoms with E-state index in [0.29, 0.717) is 5.39 Å². The zero-order chi connectivity index (χ0) is 19.7. The molecule has 0 aliphatic rings. The van der Waals surface area contributed by atoms with Gasteiger partial charge in [0.15, 0.2) is 5.82 Å². The van der Waals surface area contributed by atoms with Crippen molar-refractivity contribution in [1.82, 2.24) is 4.98 Å². The van der Waals surface area contributed by atoms with Crippen LogP contribution in [0.1, 0.15) is 41.5 Å². The van der Waals surface area contributed by atoms with Crippen molar-refractivity contribution in [2.24, 2.45) is 0 Å². The van der Waals surface area contributed by atoms with E-state index in [1.165, 1.54) is 6.20 Å². The van der Waals surface area contributed by atoms with Gasteiger partial charge in [-0.1, -0.05) is 15.9 Å². The first kappa shape index (κ1) is 20.2. The van der Waals surface area contributed by atoms with Crippen molar-refractivity contribution in [1.29, 1.82) is 0 Å². The Morgan fingerprint density at radius 3 is 2.00 bits per heavy atom. The fraction of sp³-hybridized carbons (Fsp3) is 0.421. The Kier molecular flexibility index (Phi) is 5.61. The standard InChI is InChI=1S/C19H23BrN2O4/c1-18(2,3)25-16(23)22(17(24)26-19(4,5)6)15-14-8-7-13(20)11-12(14)9-10-21-15/h7-11H,1-6H3. The number of carbonyl (C=O) groups is 2. The minimum absolute atomic E-state index is 0.165. The maximum Gasteiger partial charge on any atom is 0.425 e. The minimum atomic E-state index is -0.838. The predicted molar refractivity (Wildman–Crippen MR) is 104 cm³/mol. The SMILES string of the molecule is CC(C)(C)OC(=O)N(C(=O)OC(C)(C)C)c1nccc2cc(Br)ccc12. The van der Waals surface area contributed by atoms with Gasteiger partial charge >= 0.3 is 12.2 Å². The first-order valence-electron chi connectivity index (χ1n) is 8.18. The molecule has 0 aliphatic carbocycles. The topological polar surface area (TPSA) is 68.7 Å². The third-order valence-electron chi connectivity index (χ3n) is 3.07. The molecule has 0 aliphatic heterocycles. The summed E-state index contributed by atoms with van der Waals surface area (Å²) in [7, 11) is 0. The Morgan fingerprint density at radius 1 is 0.962 bits per heavy atom. The van der Waals surface area contributed by atoms with Gasteiger partial charge in [-0.15, -0.1) is 0 Å². The number of anilines is 1. The molecule has 26 heavy (non-hydrogen) atoms. The van der Waals surface area contributed by atoms with Crippen LogP contribution in [-0.2, 0) is 9.47 Å². The molecule has 0 saturated heterocycles. The molecule has 1 aromatic heterocycles. The van der Waals surface area contributed by atoms with Gasteiger partial charge in [0, 0.05) is 16.1 Å². The first-order chi connectivity index (χ1) is 11.9. The third-order valence-corrected chi connectivity index (χ3v) is 3.56. The van der Waals surface area contributed by atoms with Crippen LogP contribution in [0.4, 0.5) is 15.4 Å². The van der Waals surface area contributed by atoms with Gasteiger partial charge in [0.05, 0.1) is 0 Å². The Labute approximate surface area is 161 Å². The van der Waals surface area contributed by atoms with E-state index in [4.69, 9.17) is 9.47 Å². The number of amides is 2. The molecule has 0 atom stereocenters. The molecule has 1 aromatic carbocycles. The summed E-state index contributed by atoms with van der Waals surface area (Å²) in [5.41, 5.74) is -1.55. The number of rotatable bonds is 1. The average Bonchev–Trinajstić information content (AvgIpc) is 2.43. The highest BCUT2D eigenvalue weighted by Crippen LogP contribution is 2.29. The van der Waals surface area contributed by atoms with E-state index in [-0.39, 0.29) is 5.82 Å². The number of benzene rings is 1. The van der Waals surface area contributed by atoms with E-state index >= 15 is 0 Å². The minimum Gasteiger partial charge on any atom is -0.443 e. The number of aromatic nitrogens is 1. The zero-order valence-electron chi connectivity index (χ0n) is 15.8. The number of halogens is 1. The monoisotopic (exact) mass is 422 g/mol. The number of ether oxygens (including phenoxy) is 2. The van der Waals surface area contributed by atoms with Gasteiger partial charge in [-0.2, -0.15) is 4.90 Å². The lowest BCUT2D eigenvalue weighted by Crippen LogP contribution is -2.44. The molecule has 7 heteroatoms. The first-order valence-corrected chi connectivity index (χ1v) is 8.97. The summed E-state index contributed by atoms with van der Waals surface area (Å²) >= 11 is 3.41. The van der Waals surface area contributed by atoms with Crippen molar-refractivity contribution >= 4 is 44.7 Å². The van der Waals surface area contributed by atoms with Crippen LogP contribution in [0.15, 0.2) is 34.9 Å². The number of fused-ring (bicyclic) bond motifs is 1. The molecule has 2 aromatic rings. The highest BCUT2D eigenvalue weighted by Gasteiger charge is 2.34. The number of hydrogen-bond donors (Lipinski definition) is 0. The number of nitrogens with zero attached hydrogens (tertiary/aromatic N) is 2. The lowest BCUT2D eigenvalue weighted by molar-refractivity contribution is 0.0429. The number of hydrogen-bond acceptors (Lipinski definition) is 5.